The van der Waals surface area contributed by atoms with Gasteiger partial charge in [0.05, 0.1) is 23.3 Å². The molecule has 0 bridgehead atoms. The number of hydrogen-bond acceptors (Lipinski definition) is 5. The van der Waals surface area contributed by atoms with Gasteiger partial charge in [0.2, 0.25) is 0 Å². The van der Waals surface area contributed by atoms with E-state index < -0.39 is 23.3 Å². The van der Waals surface area contributed by atoms with E-state index in [2.05, 4.69) is 10.4 Å². The third kappa shape index (κ3) is 4.92. The molecule has 1 aliphatic rings. The van der Waals surface area contributed by atoms with Gasteiger partial charge in [0.1, 0.15) is 5.60 Å². The Hall–Kier alpha value is -2.61. The van der Waals surface area contributed by atoms with E-state index in [0.29, 0.717) is 19.6 Å². The maximum Gasteiger partial charge on any atom is 0.410 e. The first kappa shape index (κ1) is 22.1. The summed E-state index contributed by atoms with van der Waals surface area (Å²) in [4.78, 5) is 27.1. The summed E-state index contributed by atoms with van der Waals surface area (Å²) < 4.78 is 13.0. The number of benzene rings is 1. The molecule has 1 N–H and O–H groups in total. The van der Waals surface area contributed by atoms with E-state index in [-0.39, 0.29) is 12.5 Å². The Balaban J connectivity index is 1.75. The van der Waals surface area contributed by atoms with Crippen LogP contribution in [0.2, 0.25) is 0 Å². The molecule has 0 aliphatic carbocycles. The second-order valence-corrected chi connectivity index (χ2v) is 9.24. The number of nitrogens with one attached hydrogen (secondary N) is 1. The number of nitrogens with zero attached hydrogens (tertiary/aromatic N) is 3. The van der Waals surface area contributed by atoms with Crippen molar-refractivity contribution >= 4 is 22.9 Å². The Morgan fingerprint density at radius 1 is 1.20 bits per heavy atom. The predicted molar refractivity (Wildman–Crippen MR) is 114 cm³/mol. The summed E-state index contributed by atoms with van der Waals surface area (Å²) in [5.41, 5.74) is 0.470. The molecule has 2 heterocycles. The average Bonchev–Trinajstić information content (AvgIpc) is 2.83. The van der Waals surface area contributed by atoms with Gasteiger partial charge in [0.15, 0.2) is 6.10 Å². The molecule has 8 nitrogen and oxygen atoms in total. The highest BCUT2D eigenvalue weighted by Gasteiger charge is 2.35. The van der Waals surface area contributed by atoms with Crippen LogP contribution in [0, 0.1) is 0 Å². The first-order valence-electron chi connectivity index (χ1n) is 10.3. The van der Waals surface area contributed by atoms with Crippen molar-refractivity contribution in [2.45, 2.75) is 58.3 Å². The molecule has 1 aromatic carbocycles. The molecule has 1 unspecified atom stereocenters. The van der Waals surface area contributed by atoms with Crippen LogP contribution in [0.25, 0.3) is 10.9 Å². The molecule has 1 fully saturated rings. The van der Waals surface area contributed by atoms with Crippen molar-refractivity contribution in [1.82, 2.24) is 20.0 Å². The summed E-state index contributed by atoms with van der Waals surface area (Å²) in [7, 11) is 1.89. The second kappa shape index (κ2) is 8.26. The summed E-state index contributed by atoms with van der Waals surface area (Å²) in [6.45, 7) is 10.4. The van der Waals surface area contributed by atoms with Crippen molar-refractivity contribution in [3.05, 3.63) is 30.0 Å². The Morgan fingerprint density at radius 3 is 2.60 bits per heavy atom. The highest BCUT2D eigenvalue weighted by atomic mass is 16.6. The van der Waals surface area contributed by atoms with Gasteiger partial charge in [-0.3, -0.25) is 9.48 Å². The van der Waals surface area contributed by atoms with Crippen molar-refractivity contribution < 1.29 is 19.1 Å². The fraction of sp³-hybridized carbons (Fsp3) is 0.591. The second-order valence-electron chi connectivity index (χ2n) is 9.24. The third-order valence-electron chi connectivity index (χ3n) is 5.01. The molecule has 2 amide bonds. The number of ether oxygens (including phenoxy) is 2. The van der Waals surface area contributed by atoms with Crippen molar-refractivity contribution in [2.75, 3.05) is 19.7 Å². The van der Waals surface area contributed by atoms with Gasteiger partial charge in [-0.25, -0.2) is 4.79 Å². The Morgan fingerprint density at radius 2 is 1.90 bits per heavy atom. The van der Waals surface area contributed by atoms with Crippen LogP contribution in [0.4, 0.5) is 4.79 Å². The van der Waals surface area contributed by atoms with E-state index in [1.165, 1.54) is 0 Å². The first-order chi connectivity index (χ1) is 14.0. The van der Waals surface area contributed by atoms with Crippen molar-refractivity contribution in [3.8, 4) is 0 Å². The summed E-state index contributed by atoms with van der Waals surface area (Å²) in [5, 5.41) is 8.69. The molecule has 1 atom stereocenters. The highest BCUT2D eigenvalue weighted by Crippen LogP contribution is 2.27. The van der Waals surface area contributed by atoms with Crippen LogP contribution in [0.15, 0.2) is 24.3 Å². The SMILES string of the molecule is Cn1nc(C(C)(C)NC(=O)C2CN(C(=O)OC(C)(C)C)CCCO2)c2ccccc21. The van der Waals surface area contributed by atoms with Gasteiger partial charge >= 0.3 is 6.09 Å². The smallest absolute Gasteiger partial charge is 0.410 e. The topological polar surface area (TPSA) is 85.7 Å². The largest absolute Gasteiger partial charge is 0.444 e. The lowest BCUT2D eigenvalue weighted by Crippen LogP contribution is -2.51. The summed E-state index contributed by atoms with van der Waals surface area (Å²) in [6.07, 6.45) is -0.549. The van der Waals surface area contributed by atoms with Gasteiger partial charge < -0.3 is 19.7 Å². The number of rotatable bonds is 3. The molecular weight excluding hydrogens is 384 g/mol. The van der Waals surface area contributed by atoms with Crippen molar-refractivity contribution in [1.29, 1.82) is 0 Å². The molecule has 0 radical (unpaired) electrons. The number of amides is 2. The van der Waals surface area contributed by atoms with E-state index in [1.54, 1.807) is 4.90 Å². The minimum atomic E-state index is -0.769. The average molecular weight is 417 g/mol. The molecule has 164 valence electrons. The van der Waals surface area contributed by atoms with Gasteiger partial charge in [0.25, 0.3) is 5.91 Å². The Labute approximate surface area is 177 Å². The predicted octanol–water partition coefficient (Wildman–Crippen LogP) is 2.95. The fourth-order valence-electron chi connectivity index (χ4n) is 3.60. The van der Waals surface area contributed by atoms with Crippen LogP contribution in [0.3, 0.4) is 0 Å². The van der Waals surface area contributed by atoms with E-state index >= 15 is 0 Å². The van der Waals surface area contributed by atoms with Crippen LogP contribution in [-0.2, 0) is 26.9 Å². The summed E-state index contributed by atoms with van der Waals surface area (Å²) in [5.74, 6) is -0.273. The molecule has 8 heteroatoms. The number of para-hydroxylation sites is 1. The lowest BCUT2D eigenvalue weighted by atomic mass is 9.97. The molecule has 2 aromatic rings. The Kier molecular flexibility index (Phi) is 6.08. The van der Waals surface area contributed by atoms with Gasteiger partial charge in [-0.2, -0.15) is 5.10 Å². The molecular formula is C22H32N4O4. The van der Waals surface area contributed by atoms with Crippen LogP contribution in [0.1, 0.15) is 46.7 Å². The zero-order chi connectivity index (χ0) is 22.1. The molecule has 1 aliphatic heterocycles. The van der Waals surface area contributed by atoms with Crippen LogP contribution in [-0.4, -0.2) is 58.1 Å². The van der Waals surface area contributed by atoms with Crippen LogP contribution >= 0.6 is 0 Å². The maximum atomic E-state index is 13.1. The van der Waals surface area contributed by atoms with Gasteiger partial charge in [-0.1, -0.05) is 18.2 Å². The Bertz CT molecular complexity index is 929. The lowest BCUT2D eigenvalue weighted by molar-refractivity contribution is -0.134. The lowest BCUT2D eigenvalue weighted by Gasteiger charge is -2.30. The van der Waals surface area contributed by atoms with Crippen molar-refractivity contribution in [2.24, 2.45) is 7.05 Å². The normalized spacial score (nSPS) is 18.2. The third-order valence-corrected chi connectivity index (χ3v) is 5.01. The minimum absolute atomic E-state index is 0.153. The van der Waals surface area contributed by atoms with E-state index in [9.17, 15) is 9.59 Å². The number of fused-ring (bicyclic) bond motifs is 1. The number of carbonyl (C=O) groups is 2. The van der Waals surface area contributed by atoms with E-state index in [0.717, 1.165) is 16.6 Å². The van der Waals surface area contributed by atoms with Gasteiger partial charge in [-0.15, -0.1) is 0 Å². The molecule has 3 rings (SSSR count). The zero-order valence-electron chi connectivity index (χ0n) is 18.7. The standard InChI is InChI=1S/C22H32N4O4/c1-21(2,3)30-20(28)26-12-9-13-29-17(14-26)19(27)23-22(4,5)18-15-10-7-8-11-16(15)25(6)24-18/h7-8,10-11,17H,9,12-14H2,1-6H3,(H,23,27). The number of aryl methyl sites for hydroxylation is 1. The highest BCUT2D eigenvalue weighted by molar-refractivity contribution is 5.86. The zero-order valence-corrected chi connectivity index (χ0v) is 18.7. The van der Waals surface area contributed by atoms with Gasteiger partial charge in [-0.05, 0) is 47.1 Å². The minimum Gasteiger partial charge on any atom is -0.444 e. The number of aromatic nitrogens is 2. The van der Waals surface area contributed by atoms with Crippen molar-refractivity contribution in [3.63, 3.8) is 0 Å². The quantitative estimate of drug-likeness (QED) is 0.831. The molecule has 1 saturated heterocycles. The van der Waals surface area contributed by atoms with Crippen LogP contribution in [0.5, 0.6) is 0 Å². The summed E-state index contributed by atoms with van der Waals surface area (Å²) in [6, 6.07) is 7.91. The van der Waals surface area contributed by atoms with Crippen LogP contribution < -0.4 is 5.32 Å². The number of carbonyl (C=O) groups excluding carboxylic acids is 2. The summed E-state index contributed by atoms with van der Waals surface area (Å²) >= 11 is 0. The molecule has 0 spiro atoms. The fourth-order valence-corrected chi connectivity index (χ4v) is 3.60. The monoisotopic (exact) mass is 416 g/mol. The van der Waals surface area contributed by atoms with E-state index in [4.69, 9.17) is 9.47 Å². The van der Waals surface area contributed by atoms with Gasteiger partial charge in [0, 0.05) is 25.6 Å². The van der Waals surface area contributed by atoms with E-state index in [1.807, 2.05) is 70.6 Å². The first-order valence-corrected chi connectivity index (χ1v) is 10.3. The maximum absolute atomic E-state index is 13.1. The number of hydrogen-bond donors (Lipinski definition) is 1. The molecule has 0 saturated carbocycles. The molecule has 30 heavy (non-hydrogen) atoms. The molecule has 1 aromatic heterocycles.